The van der Waals surface area contributed by atoms with Gasteiger partial charge in [0.1, 0.15) is 12.3 Å². The van der Waals surface area contributed by atoms with E-state index in [0.717, 1.165) is 33.2 Å². The Labute approximate surface area is 174 Å². The van der Waals surface area contributed by atoms with Gasteiger partial charge in [-0.3, -0.25) is 14.7 Å². The standard InChI is InChI=1S/C26H20N2O2/c1-17-6-8-19(9-7-17)26-23-15-22(29)12-13-24(23)28(25(30)16-27-26)21-11-10-18-4-2-3-5-20(18)14-21/h2-15,29H,16H2,1H3. The fourth-order valence-corrected chi connectivity index (χ4v) is 3.90. The van der Waals surface area contributed by atoms with Crippen LogP contribution in [0.15, 0.2) is 89.9 Å². The molecule has 1 aliphatic rings. The maximum Gasteiger partial charge on any atom is 0.253 e. The van der Waals surface area contributed by atoms with Crippen LogP contribution in [0.3, 0.4) is 0 Å². The van der Waals surface area contributed by atoms with Crippen molar-refractivity contribution >= 4 is 33.8 Å². The number of rotatable bonds is 2. The Kier molecular flexibility index (Phi) is 4.32. The third kappa shape index (κ3) is 3.12. The highest BCUT2D eigenvalue weighted by Crippen LogP contribution is 2.36. The Balaban J connectivity index is 1.70. The van der Waals surface area contributed by atoms with Crippen LogP contribution in [0.4, 0.5) is 11.4 Å². The molecule has 0 saturated carbocycles. The molecule has 1 N–H and O–H groups in total. The molecule has 1 aliphatic heterocycles. The van der Waals surface area contributed by atoms with Crippen molar-refractivity contribution in [2.24, 2.45) is 4.99 Å². The van der Waals surface area contributed by atoms with E-state index in [4.69, 9.17) is 0 Å². The average Bonchev–Trinajstić information content (AvgIpc) is 2.90. The number of benzene rings is 4. The van der Waals surface area contributed by atoms with Crippen molar-refractivity contribution in [3.05, 3.63) is 102 Å². The van der Waals surface area contributed by atoms with Crippen molar-refractivity contribution in [2.45, 2.75) is 6.92 Å². The van der Waals surface area contributed by atoms with Crippen LogP contribution in [0.2, 0.25) is 0 Å². The molecule has 0 aromatic heterocycles. The first-order chi connectivity index (χ1) is 14.6. The molecular weight excluding hydrogens is 372 g/mol. The Bertz CT molecular complexity index is 1310. The van der Waals surface area contributed by atoms with Gasteiger partial charge in [-0.15, -0.1) is 0 Å². The molecule has 0 atom stereocenters. The average molecular weight is 392 g/mol. The first-order valence-electron chi connectivity index (χ1n) is 9.87. The van der Waals surface area contributed by atoms with Gasteiger partial charge in [0, 0.05) is 16.8 Å². The maximum absolute atomic E-state index is 13.2. The van der Waals surface area contributed by atoms with E-state index in [1.165, 1.54) is 0 Å². The molecule has 0 unspecified atom stereocenters. The quantitative estimate of drug-likeness (QED) is 0.499. The van der Waals surface area contributed by atoms with Gasteiger partial charge in [0.2, 0.25) is 0 Å². The highest BCUT2D eigenvalue weighted by molar-refractivity contribution is 6.21. The minimum atomic E-state index is -0.112. The normalized spacial score (nSPS) is 13.7. The SMILES string of the molecule is Cc1ccc(C2=NCC(=O)N(c3ccc4ccccc4c3)c3ccc(O)cc32)cc1. The molecule has 30 heavy (non-hydrogen) atoms. The number of phenolic OH excluding ortho intramolecular Hbond substituents is 1. The number of nitrogens with zero attached hydrogens (tertiary/aromatic N) is 2. The van der Waals surface area contributed by atoms with Crippen LogP contribution in [0, 0.1) is 6.92 Å². The largest absolute Gasteiger partial charge is 0.508 e. The maximum atomic E-state index is 13.2. The van der Waals surface area contributed by atoms with Crippen LogP contribution in [-0.4, -0.2) is 23.3 Å². The fraction of sp³-hybridized carbons (Fsp3) is 0.0769. The topological polar surface area (TPSA) is 52.9 Å². The van der Waals surface area contributed by atoms with E-state index in [1.54, 1.807) is 23.1 Å². The van der Waals surface area contributed by atoms with Crippen LogP contribution >= 0.6 is 0 Å². The molecule has 0 spiro atoms. The Morgan fingerprint density at radius 1 is 0.867 bits per heavy atom. The summed E-state index contributed by atoms with van der Waals surface area (Å²) in [6, 6.07) is 27.2. The van der Waals surface area contributed by atoms with Gasteiger partial charge < -0.3 is 5.11 Å². The summed E-state index contributed by atoms with van der Waals surface area (Å²) in [5.41, 5.74) is 5.00. The summed E-state index contributed by atoms with van der Waals surface area (Å²) >= 11 is 0. The van der Waals surface area contributed by atoms with Crippen LogP contribution in [-0.2, 0) is 4.79 Å². The molecule has 1 heterocycles. The zero-order valence-corrected chi connectivity index (χ0v) is 16.5. The number of hydrogen-bond donors (Lipinski definition) is 1. The number of aliphatic imine (C=N–C) groups is 1. The van der Waals surface area contributed by atoms with Crippen molar-refractivity contribution < 1.29 is 9.90 Å². The number of amides is 1. The molecule has 1 amide bonds. The molecule has 0 fully saturated rings. The minimum Gasteiger partial charge on any atom is -0.508 e. The predicted molar refractivity (Wildman–Crippen MR) is 121 cm³/mol. The lowest BCUT2D eigenvalue weighted by Crippen LogP contribution is -2.27. The number of anilines is 2. The number of aryl methyl sites for hydroxylation is 1. The number of aromatic hydroxyl groups is 1. The van der Waals surface area contributed by atoms with E-state index < -0.39 is 0 Å². The van der Waals surface area contributed by atoms with E-state index >= 15 is 0 Å². The lowest BCUT2D eigenvalue weighted by Gasteiger charge is -2.24. The van der Waals surface area contributed by atoms with Crippen molar-refractivity contribution in [1.82, 2.24) is 0 Å². The zero-order chi connectivity index (χ0) is 20.7. The molecule has 5 rings (SSSR count). The molecule has 0 saturated heterocycles. The van der Waals surface area contributed by atoms with Crippen LogP contribution < -0.4 is 4.90 Å². The Morgan fingerprint density at radius 2 is 1.63 bits per heavy atom. The molecular formula is C26H20N2O2. The zero-order valence-electron chi connectivity index (χ0n) is 16.5. The fourth-order valence-electron chi connectivity index (χ4n) is 3.90. The first-order valence-corrected chi connectivity index (χ1v) is 9.87. The van der Waals surface area contributed by atoms with Crippen LogP contribution in [0.25, 0.3) is 10.8 Å². The molecule has 146 valence electrons. The third-order valence-corrected chi connectivity index (χ3v) is 5.41. The van der Waals surface area contributed by atoms with Crippen molar-refractivity contribution in [2.75, 3.05) is 11.4 Å². The number of phenols is 1. The first kappa shape index (κ1) is 18.1. The molecule has 4 aromatic rings. The summed E-state index contributed by atoms with van der Waals surface area (Å²) in [5.74, 6) is 0.0284. The molecule has 4 heteroatoms. The Hall–Kier alpha value is -3.92. The van der Waals surface area contributed by atoms with E-state index in [2.05, 4.69) is 4.99 Å². The van der Waals surface area contributed by atoms with E-state index in [-0.39, 0.29) is 18.2 Å². The van der Waals surface area contributed by atoms with Gasteiger partial charge >= 0.3 is 0 Å². The molecule has 0 radical (unpaired) electrons. The molecule has 0 aliphatic carbocycles. The summed E-state index contributed by atoms with van der Waals surface area (Å²) in [7, 11) is 0. The lowest BCUT2D eigenvalue weighted by atomic mass is 9.98. The smallest absolute Gasteiger partial charge is 0.253 e. The van der Waals surface area contributed by atoms with Gasteiger partial charge in [0.25, 0.3) is 5.91 Å². The number of fused-ring (bicyclic) bond motifs is 2. The number of carbonyl (C=O) groups is 1. The Morgan fingerprint density at radius 3 is 2.43 bits per heavy atom. The van der Waals surface area contributed by atoms with Crippen LogP contribution in [0.1, 0.15) is 16.7 Å². The highest BCUT2D eigenvalue weighted by Gasteiger charge is 2.27. The third-order valence-electron chi connectivity index (χ3n) is 5.41. The van der Waals surface area contributed by atoms with Gasteiger partial charge in [-0.2, -0.15) is 0 Å². The summed E-state index contributed by atoms with van der Waals surface area (Å²) in [4.78, 5) is 19.5. The minimum absolute atomic E-state index is 0.0332. The number of benzodiazepines with no additional fused rings is 1. The summed E-state index contributed by atoms with van der Waals surface area (Å²) in [6.45, 7) is 2.06. The highest BCUT2D eigenvalue weighted by atomic mass is 16.3. The number of hydrogen-bond acceptors (Lipinski definition) is 3. The van der Waals surface area contributed by atoms with E-state index in [1.807, 2.05) is 73.7 Å². The van der Waals surface area contributed by atoms with Gasteiger partial charge in [-0.1, -0.05) is 60.2 Å². The van der Waals surface area contributed by atoms with E-state index in [0.29, 0.717) is 11.4 Å². The second-order valence-electron chi connectivity index (χ2n) is 7.49. The lowest BCUT2D eigenvalue weighted by molar-refractivity contribution is -0.116. The van der Waals surface area contributed by atoms with Gasteiger partial charge in [0.05, 0.1) is 11.4 Å². The van der Waals surface area contributed by atoms with Crippen molar-refractivity contribution in [3.8, 4) is 5.75 Å². The van der Waals surface area contributed by atoms with E-state index in [9.17, 15) is 9.90 Å². The second-order valence-corrected chi connectivity index (χ2v) is 7.49. The molecule has 4 nitrogen and oxygen atoms in total. The van der Waals surface area contributed by atoms with Crippen molar-refractivity contribution in [3.63, 3.8) is 0 Å². The summed E-state index contributed by atoms with van der Waals surface area (Å²) < 4.78 is 0. The summed E-state index contributed by atoms with van der Waals surface area (Å²) in [6.07, 6.45) is 0. The molecule has 0 bridgehead atoms. The van der Waals surface area contributed by atoms with Gasteiger partial charge in [-0.25, -0.2) is 0 Å². The number of carbonyl (C=O) groups excluding carboxylic acids is 1. The monoisotopic (exact) mass is 392 g/mol. The van der Waals surface area contributed by atoms with Crippen LogP contribution in [0.5, 0.6) is 5.75 Å². The predicted octanol–water partition coefficient (Wildman–Crippen LogP) is 5.37. The molecule has 4 aromatic carbocycles. The van der Waals surface area contributed by atoms with Crippen molar-refractivity contribution in [1.29, 1.82) is 0 Å². The van der Waals surface area contributed by atoms with Gasteiger partial charge in [-0.05, 0) is 48.0 Å². The summed E-state index contributed by atoms with van der Waals surface area (Å²) in [5, 5.41) is 12.4. The van der Waals surface area contributed by atoms with Gasteiger partial charge in [0.15, 0.2) is 0 Å². The second kappa shape index (κ2) is 7.16.